The average molecular weight is 463 g/mol. The van der Waals surface area contributed by atoms with Gasteiger partial charge in [-0.25, -0.2) is 4.68 Å². The number of allylic oxidation sites excluding steroid dienone is 1. The molecule has 8 heteroatoms. The van der Waals surface area contributed by atoms with Gasteiger partial charge in [0.1, 0.15) is 18.1 Å². The lowest BCUT2D eigenvalue weighted by Crippen LogP contribution is -2.12. The van der Waals surface area contributed by atoms with E-state index in [4.69, 9.17) is 4.74 Å². The number of hydrogen-bond donors (Lipinski definition) is 0. The summed E-state index contributed by atoms with van der Waals surface area (Å²) in [6.07, 6.45) is 0.364. The van der Waals surface area contributed by atoms with Crippen molar-refractivity contribution in [2.75, 3.05) is 0 Å². The molecule has 0 spiro atoms. The summed E-state index contributed by atoms with van der Waals surface area (Å²) in [6.45, 7) is 0.0635. The first kappa shape index (κ1) is 23.0. The molecule has 0 aliphatic rings. The zero-order chi connectivity index (χ0) is 24.0. The van der Waals surface area contributed by atoms with Gasteiger partial charge in [0.25, 0.3) is 0 Å². The molecule has 0 fully saturated rings. The third kappa shape index (κ3) is 5.98. The number of hydrogen-bond acceptors (Lipinski definition) is 4. The number of carbonyl (C=O) groups excluding carboxylic acids is 1. The Kier molecular flexibility index (Phi) is 6.87. The summed E-state index contributed by atoms with van der Waals surface area (Å²) >= 11 is 0. The highest BCUT2D eigenvalue weighted by Gasteiger charge is 2.32. The van der Waals surface area contributed by atoms with Crippen LogP contribution in [0.2, 0.25) is 0 Å². The van der Waals surface area contributed by atoms with Gasteiger partial charge in [0.2, 0.25) is 0 Å². The summed E-state index contributed by atoms with van der Waals surface area (Å²) in [5.41, 5.74) is 1.37. The maximum atomic E-state index is 13.2. The van der Waals surface area contributed by atoms with Gasteiger partial charge in [-0.3, -0.25) is 4.79 Å². The van der Waals surface area contributed by atoms with Gasteiger partial charge in [0.05, 0.1) is 18.3 Å². The molecule has 4 aromatic rings. The molecular formula is C26H20F3N3O2. The minimum atomic E-state index is -4.43. The zero-order valence-electron chi connectivity index (χ0n) is 17.9. The lowest BCUT2D eigenvalue weighted by molar-refractivity contribution is -0.138. The fourth-order valence-electron chi connectivity index (χ4n) is 3.29. The van der Waals surface area contributed by atoms with Gasteiger partial charge in [0, 0.05) is 5.56 Å². The highest BCUT2D eigenvalue weighted by Crippen LogP contribution is 2.32. The quantitative estimate of drug-likeness (QED) is 0.244. The van der Waals surface area contributed by atoms with Crippen LogP contribution in [0.1, 0.15) is 32.7 Å². The Bertz CT molecular complexity index is 1280. The third-order valence-corrected chi connectivity index (χ3v) is 4.99. The Morgan fingerprint density at radius 1 is 0.941 bits per heavy atom. The summed E-state index contributed by atoms with van der Waals surface area (Å²) < 4.78 is 46.6. The Morgan fingerprint density at radius 3 is 2.38 bits per heavy atom. The molecule has 1 heterocycles. The van der Waals surface area contributed by atoms with Crippen molar-refractivity contribution in [3.05, 3.63) is 119 Å². The predicted molar refractivity (Wildman–Crippen MR) is 121 cm³/mol. The van der Waals surface area contributed by atoms with E-state index >= 15 is 0 Å². The van der Waals surface area contributed by atoms with Crippen LogP contribution in [-0.2, 0) is 19.3 Å². The van der Waals surface area contributed by atoms with Crippen LogP contribution >= 0.6 is 0 Å². The van der Waals surface area contributed by atoms with Crippen molar-refractivity contribution in [1.82, 2.24) is 15.0 Å². The van der Waals surface area contributed by atoms with E-state index in [-0.39, 0.29) is 24.5 Å². The summed E-state index contributed by atoms with van der Waals surface area (Å²) in [4.78, 5) is 12.1. The number of carbonyl (C=O) groups is 1. The number of rotatable bonds is 8. The lowest BCUT2D eigenvalue weighted by atomic mass is 10.1. The topological polar surface area (TPSA) is 57.0 Å². The number of aromatic nitrogens is 3. The lowest BCUT2D eigenvalue weighted by Gasteiger charge is -2.12. The molecule has 0 saturated carbocycles. The number of alkyl halides is 3. The van der Waals surface area contributed by atoms with Gasteiger partial charge < -0.3 is 4.74 Å². The van der Waals surface area contributed by atoms with Crippen molar-refractivity contribution >= 4 is 11.9 Å². The van der Waals surface area contributed by atoms with Gasteiger partial charge in [0.15, 0.2) is 5.78 Å². The monoisotopic (exact) mass is 463 g/mol. The molecule has 0 radical (unpaired) electrons. The van der Waals surface area contributed by atoms with E-state index in [9.17, 15) is 18.0 Å². The van der Waals surface area contributed by atoms with E-state index in [1.165, 1.54) is 22.9 Å². The van der Waals surface area contributed by atoms with Crippen LogP contribution < -0.4 is 4.74 Å². The minimum Gasteiger partial charge on any atom is -0.487 e. The molecule has 0 atom stereocenters. The molecular weight excluding hydrogens is 443 g/mol. The molecule has 0 amide bonds. The van der Waals surface area contributed by atoms with E-state index < -0.39 is 11.7 Å². The van der Waals surface area contributed by atoms with Crippen LogP contribution in [0.4, 0.5) is 13.2 Å². The molecule has 3 aromatic carbocycles. The predicted octanol–water partition coefficient (Wildman–Crippen LogP) is 5.82. The first-order valence-electron chi connectivity index (χ1n) is 10.4. The summed E-state index contributed by atoms with van der Waals surface area (Å²) in [6, 6.07) is 21.5. The Hall–Kier alpha value is -4.20. The summed E-state index contributed by atoms with van der Waals surface area (Å²) in [5.74, 6) is 0.505. The van der Waals surface area contributed by atoms with Crippen molar-refractivity contribution in [1.29, 1.82) is 0 Å². The fraction of sp³-hybridized carbons (Fsp3) is 0.115. The molecule has 172 valence electrons. The largest absolute Gasteiger partial charge is 0.487 e. The number of ether oxygens (including phenoxy) is 1. The van der Waals surface area contributed by atoms with Crippen LogP contribution in [0, 0.1) is 0 Å². The molecule has 0 bridgehead atoms. The van der Waals surface area contributed by atoms with Gasteiger partial charge in [-0.05, 0) is 35.4 Å². The van der Waals surface area contributed by atoms with E-state index in [1.807, 2.05) is 30.3 Å². The van der Waals surface area contributed by atoms with Crippen LogP contribution in [0.3, 0.4) is 0 Å². The maximum Gasteiger partial charge on any atom is 0.416 e. The second-order valence-electron chi connectivity index (χ2n) is 7.48. The third-order valence-electron chi connectivity index (χ3n) is 4.99. The van der Waals surface area contributed by atoms with E-state index in [0.29, 0.717) is 17.0 Å². The Morgan fingerprint density at radius 2 is 1.65 bits per heavy atom. The normalized spacial score (nSPS) is 11.6. The van der Waals surface area contributed by atoms with Gasteiger partial charge in [-0.15, -0.1) is 5.10 Å². The number of nitrogens with zero attached hydrogens (tertiary/aromatic N) is 3. The van der Waals surface area contributed by atoms with E-state index in [1.54, 1.807) is 42.6 Å². The minimum absolute atomic E-state index is 0.0502. The highest BCUT2D eigenvalue weighted by molar-refractivity contribution is 6.06. The summed E-state index contributed by atoms with van der Waals surface area (Å²) in [7, 11) is 0. The Labute approximate surface area is 194 Å². The second kappa shape index (κ2) is 10.2. The maximum absolute atomic E-state index is 13.2. The molecule has 0 unspecified atom stereocenters. The SMILES string of the molecule is O=C(C=Cc1ccc(OCc2cn(Cc3ccccc3C(F)(F)F)nn2)cc1)c1ccccc1. The van der Waals surface area contributed by atoms with Gasteiger partial charge in [-0.2, -0.15) is 13.2 Å². The van der Waals surface area contributed by atoms with Crippen LogP contribution in [0.5, 0.6) is 5.75 Å². The van der Waals surface area contributed by atoms with Crippen molar-refractivity contribution in [3.8, 4) is 5.75 Å². The molecule has 1 aromatic heterocycles. The first-order valence-corrected chi connectivity index (χ1v) is 10.4. The standard InChI is InChI=1S/C26H20F3N3O2/c27-26(28,29)24-9-5-4-8-21(24)16-32-17-22(30-31-32)18-34-23-13-10-19(11-14-23)12-15-25(33)20-6-2-1-3-7-20/h1-15,17H,16,18H2. The molecule has 0 N–H and O–H groups in total. The average Bonchev–Trinajstić information content (AvgIpc) is 3.29. The fourth-order valence-corrected chi connectivity index (χ4v) is 3.29. The first-order chi connectivity index (χ1) is 16.4. The Balaban J connectivity index is 1.33. The highest BCUT2D eigenvalue weighted by atomic mass is 19.4. The van der Waals surface area contributed by atoms with E-state index in [0.717, 1.165) is 11.6 Å². The number of halogens is 3. The van der Waals surface area contributed by atoms with Crippen LogP contribution in [0.15, 0.2) is 91.1 Å². The second-order valence-corrected chi connectivity index (χ2v) is 7.48. The van der Waals surface area contributed by atoms with Crippen molar-refractivity contribution < 1.29 is 22.7 Å². The smallest absolute Gasteiger partial charge is 0.416 e. The molecule has 0 aliphatic carbocycles. The molecule has 0 aliphatic heterocycles. The van der Waals surface area contributed by atoms with Crippen molar-refractivity contribution in [2.45, 2.75) is 19.3 Å². The summed E-state index contributed by atoms with van der Waals surface area (Å²) in [5, 5.41) is 7.88. The van der Waals surface area contributed by atoms with Crippen LogP contribution in [0.25, 0.3) is 6.08 Å². The van der Waals surface area contributed by atoms with Gasteiger partial charge >= 0.3 is 6.18 Å². The van der Waals surface area contributed by atoms with Crippen molar-refractivity contribution in [3.63, 3.8) is 0 Å². The molecule has 0 saturated heterocycles. The van der Waals surface area contributed by atoms with Crippen LogP contribution in [-0.4, -0.2) is 20.8 Å². The number of benzene rings is 3. The molecule has 34 heavy (non-hydrogen) atoms. The van der Waals surface area contributed by atoms with Gasteiger partial charge in [-0.1, -0.05) is 72.0 Å². The molecule has 5 nitrogen and oxygen atoms in total. The number of ketones is 1. The van der Waals surface area contributed by atoms with Crippen molar-refractivity contribution in [2.24, 2.45) is 0 Å². The molecule has 4 rings (SSSR count). The zero-order valence-corrected chi connectivity index (χ0v) is 17.9. The van der Waals surface area contributed by atoms with E-state index in [2.05, 4.69) is 10.3 Å².